The van der Waals surface area contributed by atoms with Gasteiger partial charge in [0, 0.05) is 23.9 Å². The smallest absolute Gasteiger partial charge is 0.128 e. The molecule has 0 amide bonds. The van der Waals surface area contributed by atoms with E-state index in [4.69, 9.17) is 4.74 Å². The van der Waals surface area contributed by atoms with E-state index >= 15 is 0 Å². The number of hydrogen-bond donors (Lipinski definition) is 1. The minimum absolute atomic E-state index is 0.401. The highest BCUT2D eigenvalue weighted by Crippen LogP contribution is 2.19. The number of hydrogen-bond acceptors (Lipinski definition) is 2. The molecule has 0 aliphatic rings. The highest BCUT2D eigenvalue weighted by molar-refractivity contribution is 5.45. The summed E-state index contributed by atoms with van der Waals surface area (Å²) in [4.78, 5) is 0. The Balaban J connectivity index is 2.11. The first-order chi connectivity index (χ1) is 8.69. The van der Waals surface area contributed by atoms with Crippen LogP contribution in [0.1, 0.15) is 5.56 Å². The molecule has 0 heterocycles. The van der Waals surface area contributed by atoms with Gasteiger partial charge in [-0.15, -0.1) is 0 Å². The molecule has 0 bridgehead atoms. The molecule has 0 radical (unpaired) electrons. The summed E-state index contributed by atoms with van der Waals surface area (Å²) in [5, 5.41) is 2.96. The molecule has 0 unspecified atom stereocenters. The number of benzene rings is 2. The molecule has 4 heteroatoms. The normalized spacial score (nSPS) is 10.2. The van der Waals surface area contributed by atoms with E-state index in [2.05, 4.69) is 5.32 Å². The zero-order valence-corrected chi connectivity index (χ0v) is 9.91. The van der Waals surface area contributed by atoms with Crippen LogP contribution < -0.4 is 10.1 Å². The van der Waals surface area contributed by atoms with Gasteiger partial charge in [0.2, 0.25) is 0 Å². The van der Waals surface area contributed by atoms with E-state index < -0.39 is 11.6 Å². The third kappa shape index (κ3) is 2.97. The van der Waals surface area contributed by atoms with Crippen molar-refractivity contribution < 1.29 is 13.5 Å². The largest absolute Gasteiger partial charge is 0.496 e. The van der Waals surface area contributed by atoms with Crippen molar-refractivity contribution in [3.63, 3.8) is 0 Å². The lowest BCUT2D eigenvalue weighted by Crippen LogP contribution is -2.02. The number of nitrogens with one attached hydrogen (secondary N) is 1. The third-order valence-corrected chi connectivity index (χ3v) is 2.54. The second-order valence-corrected chi connectivity index (χ2v) is 3.82. The Morgan fingerprint density at radius 3 is 2.39 bits per heavy atom. The Bertz CT molecular complexity index is 523. The maximum Gasteiger partial charge on any atom is 0.128 e. The van der Waals surface area contributed by atoms with E-state index in [1.165, 1.54) is 12.1 Å². The molecule has 0 aliphatic carbocycles. The molecule has 2 aromatic rings. The third-order valence-electron chi connectivity index (χ3n) is 2.54. The summed E-state index contributed by atoms with van der Waals surface area (Å²) in [6, 6.07) is 10.8. The Morgan fingerprint density at radius 1 is 1.06 bits per heavy atom. The zero-order valence-electron chi connectivity index (χ0n) is 9.91. The van der Waals surface area contributed by atoms with E-state index in [-0.39, 0.29) is 0 Å². The van der Waals surface area contributed by atoms with E-state index in [9.17, 15) is 8.78 Å². The van der Waals surface area contributed by atoms with Crippen molar-refractivity contribution >= 4 is 5.69 Å². The van der Waals surface area contributed by atoms with E-state index in [0.29, 0.717) is 12.2 Å². The molecule has 0 aliphatic heterocycles. The SMILES string of the molecule is COc1ccccc1CNc1cc(F)cc(F)c1. The van der Waals surface area contributed by atoms with Gasteiger partial charge in [-0.1, -0.05) is 18.2 Å². The molecule has 2 aromatic carbocycles. The van der Waals surface area contributed by atoms with Crippen LogP contribution in [-0.4, -0.2) is 7.11 Å². The minimum atomic E-state index is -0.600. The molecule has 0 saturated heterocycles. The Kier molecular flexibility index (Phi) is 3.77. The topological polar surface area (TPSA) is 21.3 Å². The Morgan fingerprint density at radius 2 is 1.72 bits per heavy atom. The van der Waals surface area contributed by atoms with Crippen LogP contribution in [0.15, 0.2) is 42.5 Å². The second kappa shape index (κ2) is 5.49. The molecule has 0 saturated carbocycles. The molecule has 0 fully saturated rings. The zero-order chi connectivity index (χ0) is 13.0. The fourth-order valence-corrected chi connectivity index (χ4v) is 1.70. The first-order valence-electron chi connectivity index (χ1n) is 5.51. The quantitative estimate of drug-likeness (QED) is 0.894. The van der Waals surface area contributed by atoms with Crippen LogP contribution in [0.2, 0.25) is 0 Å². The Hall–Kier alpha value is -2.10. The van der Waals surface area contributed by atoms with Gasteiger partial charge in [0.15, 0.2) is 0 Å². The van der Waals surface area contributed by atoms with Crippen LogP contribution in [0.5, 0.6) is 5.75 Å². The lowest BCUT2D eigenvalue weighted by molar-refractivity contribution is 0.410. The Labute approximate surface area is 104 Å². The molecular formula is C14H13F2NO. The summed E-state index contributed by atoms with van der Waals surface area (Å²) < 4.78 is 31.2. The predicted octanol–water partition coefficient (Wildman–Crippen LogP) is 3.59. The fourth-order valence-electron chi connectivity index (χ4n) is 1.70. The number of anilines is 1. The molecule has 94 valence electrons. The predicted molar refractivity (Wildman–Crippen MR) is 66.7 cm³/mol. The van der Waals surface area contributed by atoms with Crippen LogP contribution in [0, 0.1) is 11.6 Å². The summed E-state index contributed by atoms with van der Waals surface area (Å²) in [6.07, 6.45) is 0. The average molecular weight is 249 g/mol. The maximum absolute atomic E-state index is 13.0. The first-order valence-corrected chi connectivity index (χ1v) is 5.51. The van der Waals surface area contributed by atoms with Crippen LogP contribution in [0.4, 0.5) is 14.5 Å². The molecule has 0 spiro atoms. The average Bonchev–Trinajstić information content (AvgIpc) is 2.35. The molecule has 18 heavy (non-hydrogen) atoms. The molecule has 2 nitrogen and oxygen atoms in total. The summed E-state index contributed by atoms with van der Waals surface area (Å²) in [7, 11) is 1.58. The van der Waals surface area contributed by atoms with E-state index in [1.54, 1.807) is 7.11 Å². The van der Waals surface area contributed by atoms with Gasteiger partial charge in [-0.3, -0.25) is 0 Å². The number of ether oxygens (including phenoxy) is 1. The number of halogens is 2. The monoisotopic (exact) mass is 249 g/mol. The maximum atomic E-state index is 13.0. The molecular weight excluding hydrogens is 236 g/mol. The summed E-state index contributed by atoms with van der Waals surface area (Å²) >= 11 is 0. The number of para-hydroxylation sites is 1. The van der Waals surface area contributed by atoms with Crippen LogP contribution in [-0.2, 0) is 6.54 Å². The summed E-state index contributed by atoms with van der Waals surface area (Å²) in [6.45, 7) is 0.437. The molecule has 0 aromatic heterocycles. The van der Waals surface area contributed by atoms with Crippen LogP contribution >= 0.6 is 0 Å². The minimum Gasteiger partial charge on any atom is -0.496 e. The lowest BCUT2D eigenvalue weighted by atomic mass is 10.2. The van der Waals surface area contributed by atoms with Crippen molar-refractivity contribution in [3.05, 3.63) is 59.7 Å². The standard InChI is InChI=1S/C14H13F2NO/c1-18-14-5-3-2-4-10(14)9-17-13-7-11(15)6-12(16)8-13/h2-8,17H,9H2,1H3. The number of rotatable bonds is 4. The van der Waals surface area contributed by atoms with Crippen molar-refractivity contribution in [2.45, 2.75) is 6.54 Å². The summed E-state index contributed by atoms with van der Waals surface area (Å²) in [5.74, 6) is -0.461. The van der Waals surface area contributed by atoms with Crippen molar-refractivity contribution in [2.24, 2.45) is 0 Å². The van der Waals surface area contributed by atoms with E-state index in [1.807, 2.05) is 24.3 Å². The first kappa shape index (κ1) is 12.4. The van der Waals surface area contributed by atoms with Crippen LogP contribution in [0.3, 0.4) is 0 Å². The van der Waals surface area contributed by atoms with Crippen molar-refractivity contribution in [2.75, 3.05) is 12.4 Å². The van der Waals surface area contributed by atoms with Gasteiger partial charge in [0.1, 0.15) is 17.4 Å². The van der Waals surface area contributed by atoms with E-state index in [0.717, 1.165) is 17.4 Å². The lowest BCUT2D eigenvalue weighted by Gasteiger charge is -2.10. The molecule has 1 N–H and O–H groups in total. The van der Waals surface area contributed by atoms with Gasteiger partial charge < -0.3 is 10.1 Å². The van der Waals surface area contributed by atoms with Crippen molar-refractivity contribution in [1.29, 1.82) is 0 Å². The molecule has 2 rings (SSSR count). The van der Waals surface area contributed by atoms with Gasteiger partial charge in [0.25, 0.3) is 0 Å². The highest BCUT2D eigenvalue weighted by atomic mass is 19.1. The molecule has 0 atom stereocenters. The van der Waals surface area contributed by atoms with Gasteiger partial charge in [-0.2, -0.15) is 0 Å². The van der Waals surface area contributed by atoms with Crippen LogP contribution in [0.25, 0.3) is 0 Å². The number of methoxy groups -OCH3 is 1. The summed E-state index contributed by atoms with van der Waals surface area (Å²) in [5.41, 5.74) is 1.32. The fraction of sp³-hybridized carbons (Fsp3) is 0.143. The van der Waals surface area contributed by atoms with Gasteiger partial charge in [-0.05, 0) is 18.2 Å². The van der Waals surface area contributed by atoms with Gasteiger partial charge in [0.05, 0.1) is 7.11 Å². The highest BCUT2D eigenvalue weighted by Gasteiger charge is 2.03. The second-order valence-electron chi connectivity index (χ2n) is 3.82. The van der Waals surface area contributed by atoms with Crippen molar-refractivity contribution in [3.8, 4) is 5.75 Å². The van der Waals surface area contributed by atoms with Gasteiger partial charge >= 0.3 is 0 Å². The van der Waals surface area contributed by atoms with Crippen molar-refractivity contribution in [1.82, 2.24) is 0 Å². The van der Waals surface area contributed by atoms with Gasteiger partial charge in [-0.25, -0.2) is 8.78 Å².